The number of rotatable bonds is 5. The highest BCUT2D eigenvalue weighted by Crippen LogP contribution is 2.61. The summed E-state index contributed by atoms with van der Waals surface area (Å²) in [5, 5.41) is 15.7. The van der Waals surface area contributed by atoms with Crippen LogP contribution in [0.5, 0.6) is 0 Å². The number of ether oxygens (including phenoxy) is 1. The van der Waals surface area contributed by atoms with E-state index in [1.807, 2.05) is 0 Å². The van der Waals surface area contributed by atoms with Crippen LogP contribution in [0.15, 0.2) is 18.3 Å². The minimum atomic E-state index is -0.242. The fourth-order valence-corrected chi connectivity index (χ4v) is 8.02. The van der Waals surface area contributed by atoms with Crippen molar-refractivity contribution in [1.82, 2.24) is 15.2 Å². The number of nitrogens with zero attached hydrogens (tertiary/aromatic N) is 3. The van der Waals surface area contributed by atoms with Gasteiger partial charge in [-0.05, 0) is 81.3 Å². The van der Waals surface area contributed by atoms with Gasteiger partial charge in [-0.3, -0.25) is 4.79 Å². The fraction of sp³-hybridized carbons (Fsp3) is 0.714. The van der Waals surface area contributed by atoms with Crippen molar-refractivity contribution < 1.29 is 14.3 Å². The zero-order chi connectivity index (χ0) is 24.7. The maximum absolute atomic E-state index is 13.5. The number of nitriles is 1. The molecule has 4 bridgehead atoms. The summed E-state index contributed by atoms with van der Waals surface area (Å²) in [4.78, 5) is 32.7. The van der Waals surface area contributed by atoms with Crippen molar-refractivity contribution in [1.29, 1.82) is 5.26 Å². The lowest BCUT2D eigenvalue weighted by atomic mass is 9.48. The minimum Gasteiger partial charge on any atom is -0.446 e. The number of carbonyl (C=O) groups is 2. The van der Waals surface area contributed by atoms with Gasteiger partial charge in [-0.2, -0.15) is 5.26 Å². The second kappa shape index (κ2) is 9.57. The molecule has 5 saturated carbocycles. The minimum absolute atomic E-state index is 0.0585. The Morgan fingerprint density at radius 2 is 1.83 bits per heavy atom. The molecule has 2 N–H and O–H groups in total. The molecule has 1 aromatic heterocycles. The largest absolute Gasteiger partial charge is 0.446 e. The average molecular weight is 492 g/mol. The predicted molar refractivity (Wildman–Crippen MR) is 134 cm³/mol. The zero-order valence-electron chi connectivity index (χ0n) is 21.0. The smallest absolute Gasteiger partial charge is 0.410 e. The van der Waals surface area contributed by atoms with Crippen LogP contribution in [0.25, 0.3) is 0 Å². The molecular weight excluding hydrogens is 454 g/mol. The van der Waals surface area contributed by atoms with Gasteiger partial charge in [0.15, 0.2) is 0 Å². The van der Waals surface area contributed by atoms with E-state index in [4.69, 9.17) is 10.00 Å². The summed E-state index contributed by atoms with van der Waals surface area (Å²) in [5.74, 6) is 2.19. The monoisotopic (exact) mass is 491 g/mol. The molecule has 7 rings (SSSR count). The van der Waals surface area contributed by atoms with Crippen molar-refractivity contribution in [2.75, 3.05) is 18.4 Å². The first-order valence-electron chi connectivity index (χ1n) is 13.9. The van der Waals surface area contributed by atoms with Gasteiger partial charge >= 0.3 is 6.09 Å². The molecule has 36 heavy (non-hydrogen) atoms. The molecule has 0 radical (unpaired) electrons. The van der Waals surface area contributed by atoms with Gasteiger partial charge in [0.25, 0.3) is 0 Å². The molecule has 0 spiro atoms. The van der Waals surface area contributed by atoms with Gasteiger partial charge < -0.3 is 20.3 Å². The average Bonchev–Trinajstić information content (AvgIpc) is 3.35. The van der Waals surface area contributed by atoms with E-state index in [2.05, 4.69) is 21.7 Å². The number of pyridine rings is 1. The molecule has 8 heteroatoms. The van der Waals surface area contributed by atoms with Gasteiger partial charge in [-0.1, -0.05) is 19.3 Å². The van der Waals surface area contributed by atoms with Crippen LogP contribution in [0, 0.1) is 34.5 Å². The molecule has 6 aliphatic rings. The van der Waals surface area contributed by atoms with Gasteiger partial charge in [-0.25, -0.2) is 9.78 Å². The van der Waals surface area contributed by atoms with Crippen LogP contribution in [0.1, 0.15) is 76.2 Å². The second-order valence-corrected chi connectivity index (χ2v) is 12.0. The van der Waals surface area contributed by atoms with Crippen LogP contribution < -0.4 is 10.6 Å². The zero-order valence-corrected chi connectivity index (χ0v) is 21.0. The number of nitrogens with one attached hydrogen (secondary N) is 2. The van der Waals surface area contributed by atoms with E-state index in [-0.39, 0.29) is 29.6 Å². The first kappa shape index (κ1) is 23.6. The lowest BCUT2D eigenvalue weighted by Crippen LogP contribution is -2.60. The molecule has 3 unspecified atom stereocenters. The maximum Gasteiger partial charge on any atom is 0.410 e. The second-order valence-electron chi connectivity index (χ2n) is 12.0. The molecule has 6 atom stereocenters. The Hall–Kier alpha value is -2.82. The fourth-order valence-electron chi connectivity index (χ4n) is 8.02. The van der Waals surface area contributed by atoms with E-state index in [1.54, 1.807) is 23.2 Å². The third-order valence-electron chi connectivity index (χ3n) is 9.54. The van der Waals surface area contributed by atoms with E-state index < -0.39 is 0 Å². The molecule has 1 aliphatic heterocycles. The number of aromatic nitrogens is 1. The summed E-state index contributed by atoms with van der Waals surface area (Å²) >= 11 is 0. The number of carbonyl (C=O) groups excluding carboxylic acids is 2. The number of hydrogen-bond donors (Lipinski definition) is 2. The van der Waals surface area contributed by atoms with Crippen LogP contribution in [0.2, 0.25) is 0 Å². The van der Waals surface area contributed by atoms with Gasteiger partial charge in [0.2, 0.25) is 5.91 Å². The normalized spacial score (nSPS) is 35.3. The summed E-state index contributed by atoms with van der Waals surface area (Å²) in [6, 6.07) is 6.08. The molecule has 6 fully saturated rings. The SMILES string of the molecule is N#Cc1ccc(N[C@@H]2CCN(C(=O)OC3C4CC5C[C@@H]3C[C@@](C(=O)NC3CCCCC3)(C5)C4)C2)nc1. The van der Waals surface area contributed by atoms with Crippen LogP contribution >= 0.6 is 0 Å². The predicted octanol–water partition coefficient (Wildman–Crippen LogP) is 4.22. The highest BCUT2D eigenvalue weighted by Gasteiger charge is 2.59. The first-order valence-corrected chi connectivity index (χ1v) is 13.9. The van der Waals surface area contributed by atoms with Gasteiger partial charge in [0.1, 0.15) is 18.0 Å². The van der Waals surface area contributed by atoms with Crippen molar-refractivity contribution >= 4 is 17.8 Å². The van der Waals surface area contributed by atoms with Crippen LogP contribution in [0.4, 0.5) is 10.6 Å². The quantitative estimate of drug-likeness (QED) is 0.639. The van der Waals surface area contributed by atoms with E-state index >= 15 is 0 Å². The Balaban J connectivity index is 1.04. The van der Waals surface area contributed by atoms with Gasteiger partial charge in [0, 0.05) is 31.4 Å². The summed E-state index contributed by atoms with van der Waals surface area (Å²) in [7, 11) is 0. The van der Waals surface area contributed by atoms with E-state index in [0.717, 1.165) is 51.4 Å². The van der Waals surface area contributed by atoms with Crippen molar-refractivity contribution in [2.45, 2.75) is 88.8 Å². The van der Waals surface area contributed by atoms with Crippen molar-refractivity contribution in [2.24, 2.45) is 23.2 Å². The molecule has 2 amide bonds. The summed E-state index contributed by atoms with van der Waals surface area (Å²) < 4.78 is 6.19. The van der Waals surface area contributed by atoms with Crippen molar-refractivity contribution in [3.05, 3.63) is 23.9 Å². The Kier molecular flexibility index (Phi) is 6.27. The van der Waals surface area contributed by atoms with Crippen LogP contribution in [-0.2, 0) is 9.53 Å². The first-order chi connectivity index (χ1) is 17.5. The topological polar surface area (TPSA) is 107 Å². The maximum atomic E-state index is 13.5. The molecule has 1 saturated heterocycles. The lowest BCUT2D eigenvalue weighted by molar-refractivity contribution is -0.165. The molecule has 0 aromatic carbocycles. The molecule has 5 aliphatic carbocycles. The lowest BCUT2D eigenvalue weighted by Gasteiger charge is -2.58. The molecule has 2 heterocycles. The Bertz CT molecular complexity index is 1010. The molecule has 192 valence electrons. The summed E-state index contributed by atoms with van der Waals surface area (Å²) in [6.45, 7) is 1.24. The Morgan fingerprint density at radius 1 is 1.06 bits per heavy atom. The Morgan fingerprint density at radius 3 is 2.53 bits per heavy atom. The summed E-state index contributed by atoms with van der Waals surface area (Å²) in [6.07, 6.45) is 13.0. The number of anilines is 1. The van der Waals surface area contributed by atoms with Gasteiger partial charge in [0.05, 0.1) is 11.0 Å². The third kappa shape index (κ3) is 4.53. The number of hydrogen-bond acceptors (Lipinski definition) is 6. The highest BCUT2D eigenvalue weighted by atomic mass is 16.6. The molecular formula is C28H37N5O3. The number of likely N-dealkylation sites (tertiary alicyclic amines) is 1. The highest BCUT2D eigenvalue weighted by molar-refractivity contribution is 5.83. The standard InChI is InChI=1S/C28H37N5O3/c29-15-18-6-7-24(30-16-18)31-23-8-9-33(17-23)27(35)36-25-20-10-19-11-21(25)14-28(12-19,13-20)26(34)32-22-4-2-1-3-5-22/h6-7,16,19-23,25H,1-5,8-14,17H2,(H,30,31)(H,32,34)/t19?,20-,21?,23-,25?,28+/m1/s1. The number of amides is 2. The molecule has 8 nitrogen and oxygen atoms in total. The van der Waals surface area contributed by atoms with E-state index in [1.165, 1.54) is 19.3 Å². The van der Waals surface area contributed by atoms with E-state index in [9.17, 15) is 9.59 Å². The Labute approximate surface area is 213 Å². The summed E-state index contributed by atoms with van der Waals surface area (Å²) in [5.41, 5.74) is 0.286. The van der Waals surface area contributed by atoms with Crippen molar-refractivity contribution in [3.63, 3.8) is 0 Å². The van der Waals surface area contributed by atoms with Gasteiger partial charge in [-0.15, -0.1) is 0 Å². The van der Waals surface area contributed by atoms with Crippen LogP contribution in [-0.4, -0.2) is 53.2 Å². The van der Waals surface area contributed by atoms with E-state index in [0.29, 0.717) is 48.3 Å². The van der Waals surface area contributed by atoms with Crippen LogP contribution in [0.3, 0.4) is 0 Å². The third-order valence-corrected chi connectivity index (χ3v) is 9.54. The van der Waals surface area contributed by atoms with Crippen molar-refractivity contribution in [3.8, 4) is 6.07 Å². The molecule has 1 aromatic rings.